The number of hydrogen-bond acceptors (Lipinski definition) is 4. The Kier molecular flexibility index (Phi) is 3.79. The Morgan fingerprint density at radius 1 is 1.05 bits per heavy atom. The first-order chi connectivity index (χ1) is 8.96. The second-order valence-corrected chi connectivity index (χ2v) is 7.01. The van der Waals surface area contributed by atoms with Crippen LogP contribution in [0.2, 0.25) is 0 Å². The second kappa shape index (κ2) is 5.06. The van der Waals surface area contributed by atoms with Crippen molar-refractivity contribution in [3.8, 4) is 0 Å². The highest BCUT2D eigenvalue weighted by Gasteiger charge is 2.46. The van der Waals surface area contributed by atoms with Crippen molar-refractivity contribution in [2.24, 2.45) is 0 Å². The highest BCUT2D eigenvalue weighted by Crippen LogP contribution is 2.63. The zero-order valence-electron chi connectivity index (χ0n) is 11.2. The summed E-state index contributed by atoms with van der Waals surface area (Å²) in [5.74, 6) is 0. The van der Waals surface area contributed by atoms with Crippen molar-refractivity contribution in [3.05, 3.63) is 48.0 Å². The van der Waals surface area contributed by atoms with Crippen molar-refractivity contribution in [1.29, 1.82) is 0 Å². The average Bonchev–Trinajstić information content (AvgIpc) is 2.45. The predicted octanol–water partition coefficient (Wildman–Crippen LogP) is 3.49. The number of fused-ring (bicyclic) bond motifs is 1. The summed E-state index contributed by atoms with van der Waals surface area (Å²) in [6, 6.07) is 13.0. The molecule has 102 valence electrons. The molecule has 0 heterocycles. The molecule has 19 heavy (non-hydrogen) atoms. The molecule has 0 radical (unpaired) electrons. The largest absolute Gasteiger partial charge is 0.373 e. The van der Waals surface area contributed by atoms with E-state index in [1.165, 1.54) is 21.1 Å². The molecule has 1 atom stereocenters. The van der Waals surface area contributed by atoms with Crippen LogP contribution in [0.3, 0.4) is 0 Å². The van der Waals surface area contributed by atoms with E-state index >= 15 is 0 Å². The smallest absolute Gasteiger partial charge is 0.365 e. The number of benzene rings is 2. The molecule has 0 spiro atoms. The monoisotopic (exact) mass is 280 g/mol. The quantitative estimate of drug-likeness (QED) is 0.871. The van der Waals surface area contributed by atoms with Crippen molar-refractivity contribution in [1.82, 2.24) is 0 Å². The molecule has 0 bridgehead atoms. The standard InChI is InChI=1S/C14H17O4P/c1-14(15,19(16,17-2)18-3)13-10-6-8-11-7-4-5-9-12(11)13/h4-10,15H,1-3H3/t14-/m1/s1. The number of hydrogen-bond donors (Lipinski definition) is 1. The van der Waals surface area contributed by atoms with Gasteiger partial charge in [0.15, 0.2) is 5.34 Å². The van der Waals surface area contributed by atoms with Gasteiger partial charge in [-0.05, 0) is 17.7 Å². The summed E-state index contributed by atoms with van der Waals surface area (Å²) in [4.78, 5) is 0. The predicted molar refractivity (Wildman–Crippen MR) is 75.1 cm³/mol. The van der Waals surface area contributed by atoms with Crippen LogP contribution in [-0.4, -0.2) is 19.3 Å². The molecule has 0 saturated heterocycles. The number of aliphatic hydroxyl groups is 1. The molecule has 2 rings (SSSR count). The fraction of sp³-hybridized carbons (Fsp3) is 0.286. The Balaban J connectivity index is 2.70. The third-order valence-corrected chi connectivity index (χ3v) is 5.58. The zero-order valence-corrected chi connectivity index (χ0v) is 12.1. The highest BCUT2D eigenvalue weighted by molar-refractivity contribution is 7.54. The Morgan fingerprint density at radius 2 is 1.63 bits per heavy atom. The van der Waals surface area contributed by atoms with Crippen LogP contribution in [0.1, 0.15) is 12.5 Å². The van der Waals surface area contributed by atoms with Crippen LogP contribution in [0.15, 0.2) is 42.5 Å². The molecule has 0 fully saturated rings. The van der Waals surface area contributed by atoms with Gasteiger partial charge < -0.3 is 14.2 Å². The van der Waals surface area contributed by atoms with Crippen molar-refractivity contribution in [2.75, 3.05) is 14.2 Å². The second-order valence-electron chi connectivity index (χ2n) is 4.41. The van der Waals surface area contributed by atoms with Gasteiger partial charge in [-0.15, -0.1) is 0 Å². The first-order valence-corrected chi connectivity index (χ1v) is 7.43. The van der Waals surface area contributed by atoms with Gasteiger partial charge in [0, 0.05) is 19.8 Å². The van der Waals surface area contributed by atoms with Crippen LogP contribution in [0, 0.1) is 0 Å². The van der Waals surface area contributed by atoms with Crippen LogP contribution in [0.4, 0.5) is 0 Å². The molecule has 0 aliphatic heterocycles. The summed E-state index contributed by atoms with van der Waals surface area (Å²) in [6.07, 6.45) is 0. The van der Waals surface area contributed by atoms with Crippen LogP contribution >= 0.6 is 7.60 Å². The Hall–Kier alpha value is -1.19. The fourth-order valence-electron chi connectivity index (χ4n) is 2.22. The van der Waals surface area contributed by atoms with E-state index in [4.69, 9.17) is 9.05 Å². The molecule has 2 aromatic rings. The highest BCUT2D eigenvalue weighted by atomic mass is 31.2. The van der Waals surface area contributed by atoms with E-state index in [1.54, 1.807) is 6.07 Å². The molecular formula is C14H17O4P. The lowest BCUT2D eigenvalue weighted by atomic mass is 10.0. The van der Waals surface area contributed by atoms with E-state index < -0.39 is 12.9 Å². The van der Waals surface area contributed by atoms with Gasteiger partial charge in [-0.3, -0.25) is 4.57 Å². The molecule has 5 heteroatoms. The van der Waals surface area contributed by atoms with Crippen molar-refractivity contribution in [3.63, 3.8) is 0 Å². The molecule has 2 aromatic carbocycles. The number of rotatable bonds is 4. The Morgan fingerprint density at radius 3 is 2.26 bits per heavy atom. The SMILES string of the molecule is COP(=O)(OC)[C@@](C)(O)c1cccc2ccccc12. The van der Waals surface area contributed by atoms with Gasteiger partial charge in [-0.1, -0.05) is 42.5 Å². The maximum Gasteiger partial charge on any atom is 0.365 e. The summed E-state index contributed by atoms with van der Waals surface area (Å²) < 4.78 is 22.4. The minimum Gasteiger partial charge on any atom is -0.373 e. The van der Waals surface area contributed by atoms with E-state index in [2.05, 4.69) is 0 Å². The molecule has 0 aromatic heterocycles. The van der Waals surface area contributed by atoms with Gasteiger partial charge in [0.05, 0.1) is 0 Å². The molecule has 0 unspecified atom stereocenters. The van der Waals surface area contributed by atoms with Crippen molar-refractivity contribution in [2.45, 2.75) is 12.3 Å². The summed E-state index contributed by atoms with van der Waals surface area (Å²) >= 11 is 0. The van der Waals surface area contributed by atoms with E-state index in [0.717, 1.165) is 10.8 Å². The minimum absolute atomic E-state index is 0.526. The Labute approximate surface area is 112 Å². The van der Waals surface area contributed by atoms with E-state index in [0.29, 0.717) is 5.56 Å². The summed E-state index contributed by atoms with van der Waals surface area (Å²) in [5.41, 5.74) is 0.526. The molecule has 1 N–H and O–H groups in total. The summed E-state index contributed by atoms with van der Waals surface area (Å²) in [5, 5.41) is 10.8. The molecule has 0 saturated carbocycles. The lowest BCUT2D eigenvalue weighted by molar-refractivity contribution is 0.0944. The van der Waals surface area contributed by atoms with Gasteiger partial charge in [0.1, 0.15) is 0 Å². The van der Waals surface area contributed by atoms with Gasteiger partial charge in [0.25, 0.3) is 0 Å². The molecule has 4 nitrogen and oxygen atoms in total. The van der Waals surface area contributed by atoms with E-state index in [9.17, 15) is 9.67 Å². The maximum atomic E-state index is 12.5. The summed E-state index contributed by atoms with van der Waals surface area (Å²) in [6.45, 7) is 1.45. The third-order valence-electron chi connectivity index (χ3n) is 3.31. The topological polar surface area (TPSA) is 55.8 Å². The van der Waals surface area contributed by atoms with E-state index in [-0.39, 0.29) is 0 Å². The third kappa shape index (κ3) is 2.21. The molecule has 0 amide bonds. The fourth-order valence-corrected chi connectivity index (χ4v) is 3.57. The van der Waals surface area contributed by atoms with Crippen LogP contribution < -0.4 is 0 Å². The lowest BCUT2D eigenvalue weighted by Gasteiger charge is -2.30. The minimum atomic E-state index is -3.65. The molecule has 0 aliphatic rings. The van der Waals surface area contributed by atoms with Gasteiger partial charge >= 0.3 is 7.60 Å². The molecular weight excluding hydrogens is 263 g/mol. The van der Waals surface area contributed by atoms with E-state index in [1.807, 2.05) is 36.4 Å². The van der Waals surface area contributed by atoms with Crippen LogP contribution in [0.25, 0.3) is 10.8 Å². The average molecular weight is 280 g/mol. The first-order valence-electron chi connectivity index (χ1n) is 5.88. The van der Waals surface area contributed by atoms with Gasteiger partial charge in [-0.25, -0.2) is 0 Å². The van der Waals surface area contributed by atoms with Crippen molar-refractivity contribution >= 4 is 18.4 Å². The Bertz CT molecular complexity index is 623. The first kappa shape index (κ1) is 14.2. The maximum absolute atomic E-state index is 12.5. The molecule has 0 aliphatic carbocycles. The zero-order chi connectivity index (χ0) is 14.1. The lowest BCUT2D eigenvalue weighted by Crippen LogP contribution is -2.23. The van der Waals surface area contributed by atoms with Gasteiger partial charge in [0.2, 0.25) is 0 Å². The van der Waals surface area contributed by atoms with Gasteiger partial charge in [-0.2, -0.15) is 0 Å². The van der Waals surface area contributed by atoms with Crippen LogP contribution in [0.5, 0.6) is 0 Å². The normalized spacial score (nSPS) is 15.4. The van der Waals surface area contributed by atoms with Crippen LogP contribution in [-0.2, 0) is 19.0 Å². The summed E-state index contributed by atoms with van der Waals surface area (Å²) in [7, 11) is -1.12. The van der Waals surface area contributed by atoms with Crippen molar-refractivity contribution < 1.29 is 18.7 Å².